The summed E-state index contributed by atoms with van der Waals surface area (Å²) in [4.78, 5) is 108. The molecule has 0 unspecified atom stereocenters. The summed E-state index contributed by atoms with van der Waals surface area (Å²) >= 11 is 0. The van der Waals surface area contributed by atoms with Gasteiger partial charge >= 0.3 is 582 Å². The van der Waals surface area contributed by atoms with Gasteiger partial charge in [0.15, 0.2) is 0 Å². The number of fused-ring (bicyclic) bond motifs is 12. The number of quaternary nitrogens is 1. The molecule has 2 aromatic heterocycles. The van der Waals surface area contributed by atoms with E-state index >= 15 is 0 Å². The monoisotopic (exact) mass is 1340 g/mol. The molecular weight excluding hydrogens is 1280 g/mol. The topological polar surface area (TPSA) is 313 Å². The number of carbonyl (C=O) groups excluding carboxylic acids is 3. The minimum absolute atomic E-state index is 0. The molecule has 0 radical (unpaired) electrons. The van der Waals surface area contributed by atoms with Crippen molar-refractivity contribution < 1.29 is 218 Å². The number of aliphatic imine (C=N–C) groups is 2. The van der Waals surface area contributed by atoms with E-state index in [2.05, 4.69) is 102 Å². The number of aromatic nitrogens is 2. The minimum atomic E-state index is -7.08. The molecule has 2 amide bonds. The van der Waals surface area contributed by atoms with Crippen LogP contribution in [0.2, 0.25) is 38.3 Å². The number of carbonyl (C=O) groups is 3. The molecule has 0 bridgehead atoms. The molecule has 1 spiro atoms. The second kappa shape index (κ2) is 27.9. The van der Waals surface area contributed by atoms with Crippen LogP contribution in [0.15, 0.2) is 117 Å². The van der Waals surface area contributed by atoms with Gasteiger partial charge in [-0.2, -0.15) is 0 Å². The molecule has 0 atom stereocenters. The van der Waals surface area contributed by atoms with Crippen LogP contribution in [0.4, 0.5) is 11.6 Å². The summed E-state index contributed by atoms with van der Waals surface area (Å²) in [5.41, 5.74) is 4.42. The Hall–Kier alpha value is -1.52. The van der Waals surface area contributed by atoms with Crippen molar-refractivity contribution in [3.8, 4) is 0 Å². The van der Waals surface area contributed by atoms with Crippen molar-refractivity contribution in [2.75, 3.05) is 45.0 Å². The summed E-state index contributed by atoms with van der Waals surface area (Å²) in [6.07, 6.45) is 0.416. The Labute approximate surface area is 627 Å². The van der Waals surface area contributed by atoms with Gasteiger partial charge in [0.1, 0.15) is 0 Å². The molecule has 12 rings (SSSR count). The number of nitrogens with one attached hydrogen (secondary N) is 3. The van der Waals surface area contributed by atoms with Crippen LogP contribution in [0.25, 0.3) is 21.5 Å². The van der Waals surface area contributed by atoms with Crippen LogP contribution in [0.5, 0.6) is 0 Å². The molecule has 89 heavy (non-hydrogen) atoms. The number of rotatable bonds is 27. The van der Waals surface area contributed by atoms with Gasteiger partial charge in [-0.25, -0.2) is 0 Å². The number of hydrogen-bond acceptors (Lipinski definition) is 16. The Morgan fingerprint density at radius 3 is 1.36 bits per heavy atom. The van der Waals surface area contributed by atoms with Gasteiger partial charge in [-0.15, -0.1) is 0 Å². The molecule has 0 fully saturated rings. The third-order valence-electron chi connectivity index (χ3n) is 17.0. The first kappa shape index (κ1) is 74.9. The molecule has 6 aliphatic rings. The summed E-state index contributed by atoms with van der Waals surface area (Å²) in [6, 6.07) is 33.4. The van der Waals surface area contributed by atoms with E-state index in [0.29, 0.717) is 95.2 Å². The Bertz CT molecular complexity index is 4050. The number of carboxylic acid groups (broad SMARTS) is 1. The number of unbranched alkanes of at least 4 members (excludes halogenated alkanes) is 1. The van der Waals surface area contributed by atoms with Crippen molar-refractivity contribution in [1.29, 1.82) is 0 Å². The van der Waals surface area contributed by atoms with Gasteiger partial charge in [0, 0.05) is 0 Å². The molecule has 0 aliphatic carbocycles. The Balaban J connectivity index is 0.00000226. The summed E-state index contributed by atoms with van der Waals surface area (Å²) in [5.74, 6) is 1.74. The van der Waals surface area contributed by atoms with E-state index in [1.807, 2.05) is 48.5 Å². The Morgan fingerprint density at radius 2 is 0.933 bits per heavy atom. The van der Waals surface area contributed by atoms with Gasteiger partial charge in [0.25, 0.3) is 0 Å². The fourth-order valence-electron chi connectivity index (χ4n) is 14.0. The van der Waals surface area contributed by atoms with Crippen molar-refractivity contribution in [2.24, 2.45) is 20.0 Å². The van der Waals surface area contributed by atoms with Gasteiger partial charge in [0.2, 0.25) is 0 Å². The molecule has 6 aliphatic heterocycles. The number of carboxylic acids is 1. The van der Waals surface area contributed by atoms with Crippen molar-refractivity contribution >= 4 is 114 Å². The number of aliphatic carboxylic acids is 1. The first-order valence-corrected chi connectivity index (χ1v) is 41.0. The summed E-state index contributed by atoms with van der Waals surface area (Å²) < 4.78 is 50.3. The maximum absolute atomic E-state index is 13.9. The Kier molecular flexibility index (Phi) is 23.5. The van der Waals surface area contributed by atoms with Gasteiger partial charge < -0.3 is 38.6 Å². The van der Waals surface area contributed by atoms with Crippen molar-refractivity contribution in [3.05, 3.63) is 130 Å². The van der Waals surface area contributed by atoms with Crippen molar-refractivity contribution in [3.63, 3.8) is 0 Å². The molecule has 6 aromatic rings. The average Bonchev–Trinajstić information content (AvgIpc) is 1.54. The maximum atomic E-state index is 13.9. The van der Waals surface area contributed by atoms with E-state index in [-0.39, 0.29) is 211 Å². The molecule has 3 N–H and O–H groups in total. The predicted molar refractivity (Wildman–Crippen MR) is 312 cm³/mol. The van der Waals surface area contributed by atoms with Gasteiger partial charge in [0.05, 0.1) is 0 Å². The zero-order valence-corrected chi connectivity index (χ0v) is 66.9. The molecule has 33 heteroatoms. The summed E-state index contributed by atoms with van der Waals surface area (Å²) in [6.45, 7) is 9.27. The number of amidine groups is 4. The van der Waals surface area contributed by atoms with Crippen LogP contribution in [-0.4, -0.2) is 128 Å². The van der Waals surface area contributed by atoms with E-state index in [1.165, 1.54) is 0 Å². The zero-order valence-electron chi connectivity index (χ0n) is 52.1. The van der Waals surface area contributed by atoms with Gasteiger partial charge in [-0.05, 0) is 0 Å². The molecule has 0 saturated carbocycles. The smallest absolute Gasteiger partial charge is 1.00 e. The minimum Gasteiger partial charge on any atom is 1.00 e. The standard InChI is InChI=1S/C56H69N11O12P2Si3.5Na/c1-82(2,35-15-29-57-46(68)27-13-14-28-48(70)71)78-84(79-83(3,4)36-16-30-58-47(69)37-63(31-17-33-80(72,73)74)32-18-34-81(75,76)77)64-49-38-19-5-6-20-39(38)50(64)60-52-42-23-9-10-24-43(42)54(66(52)84)62-56-45-26-12-11-25-44(45)55(67(56)84)61-53-41-22-8-7-21-40(41)51(59-49)65(53)84;;;;;/h5-12,19-26H,13-18,27-37H2,1-4H3,(H,57,68)(H,58,69)(H,70,71)(H2,72,73,74)(H2,75,76,77);;;;;/q;5*+1/p-4. The molecule has 23 nitrogen and oxygen atoms in total. The molecule has 8 heterocycles. The van der Waals surface area contributed by atoms with Crippen LogP contribution in [0, 0.1) is 0 Å². The maximum Gasteiger partial charge on any atom is 1.00 e. The van der Waals surface area contributed by atoms with Crippen LogP contribution in [-0.2, 0) is 31.7 Å². The second-order valence-electron chi connectivity index (χ2n) is 24.0. The van der Waals surface area contributed by atoms with E-state index in [9.17, 15) is 48.2 Å². The number of amides is 2. The molecule has 442 valence electrons. The third kappa shape index (κ3) is 12.8. The van der Waals surface area contributed by atoms with Crippen LogP contribution in [0.1, 0.15) is 73.6 Å². The van der Waals surface area contributed by atoms with Crippen LogP contribution in [0.3, 0.4) is 0 Å². The van der Waals surface area contributed by atoms with E-state index in [0.717, 1.165) is 43.8 Å². The van der Waals surface area contributed by atoms with Crippen molar-refractivity contribution in [1.82, 2.24) is 19.1 Å². The third-order valence-corrected chi connectivity index (χ3v) is 35.4. The fraction of sp³-hybridized carbons (Fsp3) is 0.375. The normalized spacial score (nSPS) is 16.9. The number of nitrogens with zero attached hydrogens (tertiary/aromatic N) is 8. The van der Waals surface area contributed by atoms with E-state index in [1.54, 1.807) is 0 Å². The zero-order chi connectivity index (χ0) is 59.3. The van der Waals surface area contributed by atoms with E-state index in [4.69, 9.17) is 28.2 Å². The van der Waals surface area contributed by atoms with Crippen LogP contribution >= 0.6 is 15.2 Å². The summed E-state index contributed by atoms with van der Waals surface area (Å²) in [7, 11) is -23.6. The van der Waals surface area contributed by atoms with Crippen molar-refractivity contribution in [2.45, 2.75) is 89.6 Å². The second-order valence-corrected chi connectivity index (χ2v) is 41.6. The number of benzene rings is 4. The Morgan fingerprint density at radius 1 is 0.539 bits per heavy atom. The fourth-order valence-corrected chi connectivity index (χ4v) is 37.4. The first-order valence-electron chi connectivity index (χ1n) is 28.7. The quantitative estimate of drug-likeness (QED) is 0.0246. The van der Waals surface area contributed by atoms with Gasteiger partial charge in [-0.1, -0.05) is 15.2 Å². The molecule has 0 saturated heterocycles. The van der Waals surface area contributed by atoms with E-state index < -0.39 is 57.9 Å². The molecular formula is C56H65N11Na5O12P2Si3+. The largest absolute Gasteiger partial charge is 1.00 e. The van der Waals surface area contributed by atoms with Crippen LogP contribution < -0.4 is 199 Å². The number of hydrogen-bond donors (Lipinski definition) is 3. The predicted octanol–water partition coefficient (Wildman–Crippen LogP) is -14.4. The summed E-state index contributed by atoms with van der Waals surface area (Å²) in [5, 5.41) is 20.5. The SMILES string of the molecule is C[Si](C)(CCCNC(=O)CCCCC(=O)[O-])O[Si-2]123(O[Si](C)(C)CCCNC(=O)C[NH+](CCCP(=O)([O-])[O-])CCCP(=O)([O-])[O-])n4c5c6ccccc6c4N=C4c6ccccc6C(=[N+]41)N=c1c4ccccc4c(n12)=NC1=[N+]3C(=N5)c2ccccc21.[Na+].[Na+].[Na+].[Na+].[Na+]. The first-order chi connectivity index (χ1) is 39.9. The average molecular weight is 1350 g/mol. The van der Waals surface area contributed by atoms with Gasteiger partial charge in [-0.3, -0.25) is 0 Å². The molecule has 4 aromatic carbocycles.